The fourth-order valence-corrected chi connectivity index (χ4v) is 3.66. The Hall–Kier alpha value is -0.333. The van der Waals surface area contributed by atoms with Gasteiger partial charge in [-0.15, -0.1) is 0 Å². The number of rotatable bonds is 3. The van der Waals surface area contributed by atoms with E-state index in [4.69, 9.17) is 4.43 Å². The molecular formula is C11H21NOSi. The van der Waals surface area contributed by atoms with Crippen LogP contribution in [0.4, 0.5) is 0 Å². The minimum absolute atomic E-state index is 0.439. The maximum atomic E-state index is 9.24. The molecule has 3 heteroatoms. The first-order chi connectivity index (χ1) is 6.41. The second-order valence-corrected chi connectivity index (χ2v) is 9.77. The molecule has 0 aromatic carbocycles. The number of hydrogen-bond acceptors (Lipinski definition) is 2. The van der Waals surface area contributed by atoms with Crippen LogP contribution in [0.25, 0.3) is 0 Å². The lowest BCUT2D eigenvalue weighted by molar-refractivity contribution is 0.122. The van der Waals surface area contributed by atoms with Crippen LogP contribution in [0.1, 0.15) is 32.6 Å². The molecule has 1 fully saturated rings. The lowest BCUT2D eigenvalue weighted by atomic mass is 10.0. The summed E-state index contributed by atoms with van der Waals surface area (Å²) >= 11 is 0. The van der Waals surface area contributed by atoms with Crippen LogP contribution in [0.3, 0.4) is 0 Å². The Kier molecular flexibility index (Phi) is 3.39. The Morgan fingerprint density at radius 1 is 1.50 bits per heavy atom. The van der Waals surface area contributed by atoms with Crippen molar-refractivity contribution in [2.45, 2.75) is 57.8 Å². The van der Waals surface area contributed by atoms with Crippen LogP contribution in [-0.2, 0) is 4.43 Å². The van der Waals surface area contributed by atoms with Gasteiger partial charge in [0.05, 0.1) is 6.07 Å². The zero-order chi connectivity index (χ0) is 10.8. The minimum Gasteiger partial charge on any atom is -0.400 e. The quantitative estimate of drug-likeness (QED) is 0.671. The molecule has 0 heterocycles. The Morgan fingerprint density at radius 2 is 2.14 bits per heavy atom. The second-order valence-electron chi connectivity index (χ2n) is 5.34. The van der Waals surface area contributed by atoms with Crippen molar-refractivity contribution < 1.29 is 4.43 Å². The van der Waals surface area contributed by atoms with Crippen LogP contribution in [0, 0.1) is 17.2 Å². The Bertz CT molecular complexity index is 241. The summed E-state index contributed by atoms with van der Waals surface area (Å²) in [5, 5.41) is 9.24. The van der Waals surface area contributed by atoms with Gasteiger partial charge in [-0.3, -0.25) is 0 Å². The predicted molar refractivity (Wildman–Crippen MR) is 60.4 cm³/mol. The van der Waals surface area contributed by atoms with Crippen molar-refractivity contribution in [2.24, 2.45) is 5.92 Å². The Balaban J connectivity index is 2.67. The first-order valence-corrected chi connectivity index (χ1v) is 8.93. The topological polar surface area (TPSA) is 33.0 Å². The fourth-order valence-electron chi connectivity index (χ4n) is 2.26. The molecule has 0 N–H and O–H groups in total. The average Bonchev–Trinajstić information content (AvgIpc) is 2.46. The van der Waals surface area contributed by atoms with E-state index in [1.807, 2.05) is 0 Å². The van der Waals surface area contributed by atoms with Crippen LogP contribution in [0.2, 0.25) is 19.6 Å². The van der Waals surface area contributed by atoms with Gasteiger partial charge >= 0.3 is 0 Å². The first kappa shape index (κ1) is 11.7. The smallest absolute Gasteiger partial charge is 0.185 e. The summed E-state index contributed by atoms with van der Waals surface area (Å²) in [6.45, 7) is 8.68. The Morgan fingerprint density at radius 3 is 2.50 bits per heavy atom. The van der Waals surface area contributed by atoms with Crippen LogP contribution in [-0.4, -0.2) is 13.9 Å². The van der Waals surface area contributed by atoms with Crippen molar-refractivity contribution in [3.63, 3.8) is 0 Å². The molecule has 2 unspecified atom stereocenters. The van der Waals surface area contributed by atoms with E-state index in [9.17, 15) is 5.26 Å². The van der Waals surface area contributed by atoms with Gasteiger partial charge in [0.25, 0.3) is 0 Å². The third-order valence-electron chi connectivity index (χ3n) is 2.86. The molecule has 0 saturated heterocycles. The van der Waals surface area contributed by atoms with Crippen molar-refractivity contribution in [3.05, 3.63) is 0 Å². The molecular weight excluding hydrogens is 190 g/mol. The third-order valence-corrected chi connectivity index (χ3v) is 3.86. The standard InChI is InChI=1S/C11H21NOSi/c1-5-10-6-7-11(8-10,9-12)13-14(2,3)4/h10H,5-8H2,1-4H3. The third kappa shape index (κ3) is 2.83. The van der Waals surface area contributed by atoms with Crippen molar-refractivity contribution in [1.82, 2.24) is 0 Å². The lowest BCUT2D eigenvalue weighted by Crippen LogP contribution is -2.40. The van der Waals surface area contributed by atoms with E-state index in [1.165, 1.54) is 6.42 Å². The molecule has 0 bridgehead atoms. The molecule has 80 valence electrons. The summed E-state index contributed by atoms with van der Waals surface area (Å²) in [7, 11) is -1.58. The summed E-state index contributed by atoms with van der Waals surface area (Å²) in [6.07, 6.45) is 4.23. The van der Waals surface area contributed by atoms with Gasteiger partial charge in [-0.25, -0.2) is 0 Å². The zero-order valence-corrected chi connectivity index (χ0v) is 10.8. The molecule has 1 aliphatic carbocycles. The average molecular weight is 211 g/mol. The molecule has 2 nitrogen and oxygen atoms in total. The molecule has 0 aliphatic heterocycles. The number of nitrogens with zero attached hydrogens (tertiary/aromatic N) is 1. The van der Waals surface area contributed by atoms with Crippen molar-refractivity contribution in [1.29, 1.82) is 5.26 Å². The SMILES string of the molecule is CCC1CCC(C#N)(O[Si](C)(C)C)C1. The van der Waals surface area contributed by atoms with E-state index in [-0.39, 0.29) is 0 Å². The molecule has 0 amide bonds. The van der Waals surface area contributed by atoms with E-state index >= 15 is 0 Å². The van der Waals surface area contributed by atoms with E-state index in [0.29, 0.717) is 5.92 Å². The van der Waals surface area contributed by atoms with Gasteiger partial charge < -0.3 is 4.43 Å². The highest BCUT2D eigenvalue weighted by Gasteiger charge is 2.42. The van der Waals surface area contributed by atoms with Crippen LogP contribution >= 0.6 is 0 Å². The predicted octanol–water partition coefficient (Wildman–Crippen LogP) is 3.31. The van der Waals surface area contributed by atoms with E-state index in [1.54, 1.807) is 0 Å². The molecule has 0 aromatic heterocycles. The van der Waals surface area contributed by atoms with Gasteiger partial charge in [0.2, 0.25) is 0 Å². The first-order valence-electron chi connectivity index (χ1n) is 5.52. The number of nitriles is 1. The molecule has 1 saturated carbocycles. The van der Waals surface area contributed by atoms with Crippen molar-refractivity contribution in [3.8, 4) is 6.07 Å². The van der Waals surface area contributed by atoms with E-state index in [0.717, 1.165) is 19.3 Å². The van der Waals surface area contributed by atoms with Gasteiger partial charge in [-0.1, -0.05) is 13.3 Å². The summed E-state index contributed by atoms with van der Waals surface area (Å²) in [4.78, 5) is 0. The van der Waals surface area contributed by atoms with Crippen molar-refractivity contribution >= 4 is 8.32 Å². The highest BCUT2D eigenvalue weighted by Crippen LogP contribution is 2.40. The van der Waals surface area contributed by atoms with Gasteiger partial charge in [0.15, 0.2) is 8.32 Å². The fraction of sp³-hybridized carbons (Fsp3) is 0.909. The van der Waals surface area contributed by atoms with Crippen LogP contribution in [0.5, 0.6) is 0 Å². The summed E-state index contributed by atoms with van der Waals surface area (Å²) in [6, 6.07) is 2.41. The van der Waals surface area contributed by atoms with Gasteiger partial charge in [0, 0.05) is 0 Å². The maximum absolute atomic E-state index is 9.24. The molecule has 1 aliphatic rings. The van der Waals surface area contributed by atoms with E-state index in [2.05, 4.69) is 32.6 Å². The normalized spacial score (nSPS) is 32.9. The maximum Gasteiger partial charge on any atom is 0.185 e. The largest absolute Gasteiger partial charge is 0.400 e. The number of hydrogen-bond donors (Lipinski definition) is 0. The monoisotopic (exact) mass is 211 g/mol. The lowest BCUT2D eigenvalue weighted by Gasteiger charge is -2.30. The zero-order valence-electron chi connectivity index (χ0n) is 9.76. The molecule has 0 aromatic rings. The highest BCUT2D eigenvalue weighted by molar-refractivity contribution is 6.69. The van der Waals surface area contributed by atoms with Crippen LogP contribution < -0.4 is 0 Å². The van der Waals surface area contributed by atoms with E-state index < -0.39 is 13.9 Å². The Labute approximate surface area is 88.4 Å². The van der Waals surface area contributed by atoms with Crippen molar-refractivity contribution in [2.75, 3.05) is 0 Å². The van der Waals surface area contributed by atoms with Gasteiger partial charge in [-0.05, 0) is 44.8 Å². The van der Waals surface area contributed by atoms with Crippen LogP contribution in [0.15, 0.2) is 0 Å². The second kappa shape index (κ2) is 4.04. The molecule has 1 rings (SSSR count). The summed E-state index contributed by atoms with van der Waals surface area (Å²) in [5.41, 5.74) is -0.439. The van der Waals surface area contributed by atoms with Gasteiger partial charge in [-0.2, -0.15) is 5.26 Å². The van der Waals surface area contributed by atoms with Gasteiger partial charge in [0.1, 0.15) is 5.60 Å². The minimum atomic E-state index is -1.58. The summed E-state index contributed by atoms with van der Waals surface area (Å²) in [5.74, 6) is 0.700. The molecule has 0 spiro atoms. The molecule has 0 radical (unpaired) electrons. The molecule has 14 heavy (non-hydrogen) atoms. The highest BCUT2D eigenvalue weighted by atomic mass is 28.4. The molecule has 2 atom stereocenters. The summed E-state index contributed by atoms with van der Waals surface area (Å²) < 4.78 is 6.05.